The van der Waals surface area contributed by atoms with Gasteiger partial charge in [0.05, 0.1) is 11.8 Å². The molecule has 1 fully saturated rings. The number of hydrogen-bond donors (Lipinski definition) is 2. The summed E-state index contributed by atoms with van der Waals surface area (Å²) in [7, 11) is 0. The van der Waals surface area contributed by atoms with Crippen LogP contribution in [0.1, 0.15) is 29.6 Å². The molecule has 4 nitrogen and oxygen atoms in total. The number of rotatable bonds is 4. The van der Waals surface area contributed by atoms with Crippen LogP contribution in [0.15, 0.2) is 18.2 Å². The van der Waals surface area contributed by atoms with Crippen LogP contribution in [-0.4, -0.2) is 25.2 Å². The lowest BCUT2D eigenvalue weighted by Gasteiger charge is -2.10. The molecule has 18 heavy (non-hydrogen) atoms. The molecule has 2 rings (SSSR count). The van der Waals surface area contributed by atoms with Crippen LogP contribution >= 0.6 is 0 Å². The molecule has 1 amide bonds. The summed E-state index contributed by atoms with van der Waals surface area (Å²) in [5.74, 6) is -0.745. The van der Waals surface area contributed by atoms with Crippen LogP contribution in [-0.2, 0) is 4.74 Å². The fraction of sp³-hybridized carbons (Fsp3) is 0.462. The minimum absolute atomic E-state index is 0.0122. The van der Waals surface area contributed by atoms with Gasteiger partial charge in [0.15, 0.2) is 0 Å². The first-order valence-electron chi connectivity index (χ1n) is 6.11. The molecule has 3 N–H and O–H groups in total. The fourth-order valence-corrected chi connectivity index (χ4v) is 2.01. The molecule has 5 heteroatoms. The molecular formula is C13H17FN2O2. The highest BCUT2D eigenvalue weighted by Gasteiger charge is 2.15. The van der Waals surface area contributed by atoms with E-state index in [9.17, 15) is 9.18 Å². The summed E-state index contributed by atoms with van der Waals surface area (Å²) in [4.78, 5) is 11.8. The van der Waals surface area contributed by atoms with E-state index in [1.54, 1.807) is 0 Å². The number of halogens is 1. The Balaban J connectivity index is 1.81. The zero-order valence-electron chi connectivity index (χ0n) is 10.1. The molecule has 0 aromatic heterocycles. The highest BCUT2D eigenvalue weighted by Crippen LogP contribution is 2.15. The van der Waals surface area contributed by atoms with Crippen LogP contribution in [0.2, 0.25) is 0 Å². The number of carbonyl (C=O) groups is 1. The Kier molecular flexibility index (Phi) is 4.15. The Morgan fingerprint density at radius 2 is 2.39 bits per heavy atom. The van der Waals surface area contributed by atoms with Crippen molar-refractivity contribution in [1.29, 1.82) is 0 Å². The van der Waals surface area contributed by atoms with Gasteiger partial charge in [-0.15, -0.1) is 0 Å². The van der Waals surface area contributed by atoms with Crippen LogP contribution in [0.25, 0.3) is 0 Å². The highest BCUT2D eigenvalue weighted by atomic mass is 19.1. The number of nitrogens with two attached hydrogens (primary N) is 1. The summed E-state index contributed by atoms with van der Waals surface area (Å²) in [5.41, 5.74) is 5.78. The molecule has 1 aromatic carbocycles. The average molecular weight is 252 g/mol. The van der Waals surface area contributed by atoms with E-state index in [0.717, 1.165) is 25.9 Å². The second kappa shape index (κ2) is 5.82. The first-order chi connectivity index (χ1) is 8.66. The maximum atomic E-state index is 12.9. The van der Waals surface area contributed by atoms with Crippen molar-refractivity contribution >= 4 is 11.6 Å². The third-order valence-electron chi connectivity index (χ3n) is 3.03. The summed E-state index contributed by atoms with van der Waals surface area (Å²) in [6.45, 7) is 1.37. The first-order valence-corrected chi connectivity index (χ1v) is 6.11. The molecular weight excluding hydrogens is 235 g/mol. The van der Waals surface area contributed by atoms with Gasteiger partial charge in [-0.05, 0) is 37.5 Å². The smallest absolute Gasteiger partial charge is 0.251 e. The molecule has 1 saturated heterocycles. The van der Waals surface area contributed by atoms with Crippen molar-refractivity contribution < 1.29 is 13.9 Å². The lowest BCUT2D eigenvalue weighted by molar-refractivity contribution is 0.0907. The fourth-order valence-electron chi connectivity index (χ4n) is 2.01. The van der Waals surface area contributed by atoms with Crippen molar-refractivity contribution in [1.82, 2.24) is 5.32 Å². The van der Waals surface area contributed by atoms with E-state index in [0.29, 0.717) is 12.1 Å². The van der Waals surface area contributed by atoms with Crippen molar-refractivity contribution in [3.63, 3.8) is 0 Å². The van der Waals surface area contributed by atoms with Crippen molar-refractivity contribution in [3.8, 4) is 0 Å². The monoisotopic (exact) mass is 252 g/mol. The Labute approximate surface area is 105 Å². The predicted molar refractivity (Wildman–Crippen MR) is 66.7 cm³/mol. The zero-order chi connectivity index (χ0) is 13.0. The van der Waals surface area contributed by atoms with E-state index in [-0.39, 0.29) is 17.7 Å². The Bertz CT molecular complexity index is 431. The van der Waals surface area contributed by atoms with Crippen molar-refractivity contribution in [2.75, 3.05) is 18.9 Å². The third kappa shape index (κ3) is 3.20. The molecule has 1 heterocycles. The Morgan fingerprint density at radius 3 is 3.06 bits per heavy atom. The van der Waals surface area contributed by atoms with E-state index in [1.807, 2.05) is 0 Å². The summed E-state index contributed by atoms with van der Waals surface area (Å²) >= 11 is 0. The lowest BCUT2D eigenvalue weighted by atomic mass is 10.1. The van der Waals surface area contributed by atoms with E-state index < -0.39 is 5.82 Å². The first kappa shape index (κ1) is 12.8. The van der Waals surface area contributed by atoms with Crippen LogP contribution in [0.5, 0.6) is 0 Å². The minimum atomic E-state index is -0.508. The van der Waals surface area contributed by atoms with Gasteiger partial charge < -0.3 is 15.8 Å². The van der Waals surface area contributed by atoms with E-state index >= 15 is 0 Å². The molecule has 1 atom stereocenters. The topological polar surface area (TPSA) is 64.4 Å². The molecule has 0 aliphatic carbocycles. The van der Waals surface area contributed by atoms with Crippen LogP contribution in [0, 0.1) is 5.82 Å². The van der Waals surface area contributed by atoms with Crippen LogP contribution < -0.4 is 11.1 Å². The number of amides is 1. The summed E-state index contributed by atoms with van der Waals surface area (Å²) in [5, 5.41) is 2.78. The lowest BCUT2D eigenvalue weighted by Crippen LogP contribution is -2.27. The van der Waals surface area contributed by atoms with Gasteiger partial charge in [-0.2, -0.15) is 0 Å². The number of nitrogen functional groups attached to an aromatic ring is 1. The molecule has 98 valence electrons. The number of carbonyl (C=O) groups excluding carboxylic acids is 1. The molecule has 1 aromatic rings. The normalized spacial score (nSPS) is 18.8. The average Bonchev–Trinajstić information content (AvgIpc) is 2.85. The number of nitrogens with one attached hydrogen (secondary N) is 1. The van der Waals surface area contributed by atoms with Gasteiger partial charge in [0.2, 0.25) is 0 Å². The van der Waals surface area contributed by atoms with E-state index in [4.69, 9.17) is 10.5 Å². The minimum Gasteiger partial charge on any atom is -0.396 e. The maximum absolute atomic E-state index is 12.9. The van der Waals surface area contributed by atoms with Gasteiger partial charge in [-0.1, -0.05) is 0 Å². The third-order valence-corrected chi connectivity index (χ3v) is 3.03. The van der Waals surface area contributed by atoms with Gasteiger partial charge in [0, 0.05) is 18.7 Å². The number of hydrogen-bond acceptors (Lipinski definition) is 3. The van der Waals surface area contributed by atoms with Crippen LogP contribution in [0.3, 0.4) is 0 Å². The molecule has 0 bridgehead atoms. The largest absolute Gasteiger partial charge is 0.396 e. The standard InChI is InChI=1S/C13H17FN2O2/c14-11-4-3-9(8-12(11)15)13(17)16-6-5-10-2-1-7-18-10/h3-4,8,10H,1-2,5-7,15H2,(H,16,17). The van der Waals surface area contributed by atoms with Crippen LogP contribution in [0.4, 0.5) is 10.1 Å². The summed E-state index contributed by atoms with van der Waals surface area (Å²) < 4.78 is 18.4. The van der Waals surface area contributed by atoms with Gasteiger partial charge >= 0.3 is 0 Å². The maximum Gasteiger partial charge on any atom is 0.251 e. The molecule has 1 aliphatic rings. The number of anilines is 1. The quantitative estimate of drug-likeness (QED) is 0.802. The Morgan fingerprint density at radius 1 is 1.56 bits per heavy atom. The van der Waals surface area contributed by atoms with Gasteiger partial charge in [-0.25, -0.2) is 4.39 Å². The predicted octanol–water partition coefficient (Wildman–Crippen LogP) is 1.71. The number of ether oxygens (including phenoxy) is 1. The summed E-state index contributed by atoms with van der Waals surface area (Å²) in [6, 6.07) is 3.97. The van der Waals surface area contributed by atoms with Gasteiger partial charge in [-0.3, -0.25) is 4.79 Å². The van der Waals surface area contributed by atoms with Crippen molar-refractivity contribution in [2.45, 2.75) is 25.4 Å². The van der Waals surface area contributed by atoms with Gasteiger partial charge in [0.25, 0.3) is 5.91 Å². The Hall–Kier alpha value is -1.62. The van der Waals surface area contributed by atoms with Crippen molar-refractivity contribution in [3.05, 3.63) is 29.6 Å². The highest BCUT2D eigenvalue weighted by molar-refractivity contribution is 5.94. The molecule has 1 aliphatic heterocycles. The zero-order valence-corrected chi connectivity index (χ0v) is 10.1. The molecule has 0 saturated carbocycles. The van der Waals surface area contributed by atoms with Crippen molar-refractivity contribution in [2.24, 2.45) is 0 Å². The molecule has 0 radical (unpaired) electrons. The van der Waals surface area contributed by atoms with E-state index in [2.05, 4.69) is 5.32 Å². The number of benzene rings is 1. The SMILES string of the molecule is Nc1cc(C(=O)NCCC2CCCO2)ccc1F. The molecule has 1 unspecified atom stereocenters. The second-order valence-corrected chi connectivity index (χ2v) is 4.42. The van der Waals surface area contributed by atoms with E-state index in [1.165, 1.54) is 18.2 Å². The molecule has 0 spiro atoms. The second-order valence-electron chi connectivity index (χ2n) is 4.42. The summed E-state index contributed by atoms with van der Waals surface area (Å²) in [6.07, 6.45) is 3.21. The van der Waals surface area contributed by atoms with Gasteiger partial charge in [0.1, 0.15) is 5.82 Å².